The fourth-order valence-electron chi connectivity index (χ4n) is 3.34. The number of carboxylic acid groups (broad SMARTS) is 1. The fourth-order valence-corrected chi connectivity index (χ4v) is 3.50. The number of halogens is 1. The van der Waals surface area contributed by atoms with E-state index in [1.54, 1.807) is 24.1 Å². The molecule has 1 amide bonds. The number of hydrogen-bond acceptors (Lipinski definition) is 5. The van der Waals surface area contributed by atoms with Gasteiger partial charge in [0.15, 0.2) is 5.15 Å². The first kappa shape index (κ1) is 18.3. The molecule has 7 nitrogen and oxygen atoms in total. The number of hydrogen-bond donors (Lipinski definition) is 1. The normalized spacial score (nSPS) is 19.5. The number of carboxylic acids is 1. The van der Waals surface area contributed by atoms with Gasteiger partial charge in [0.25, 0.3) is 0 Å². The Morgan fingerprint density at radius 1 is 1.38 bits per heavy atom. The number of carbonyl (C=O) groups is 2. The molecule has 1 aromatic carbocycles. The Balaban J connectivity index is 1.72. The van der Waals surface area contributed by atoms with Crippen molar-refractivity contribution >= 4 is 23.5 Å². The average molecular weight is 379 g/mol. The number of ether oxygens (including phenoxy) is 1. The molecule has 2 aromatic rings. The first-order valence-corrected chi connectivity index (χ1v) is 8.62. The highest BCUT2D eigenvalue weighted by atomic mass is 35.5. The van der Waals surface area contributed by atoms with Crippen LogP contribution in [0, 0.1) is 5.92 Å². The van der Waals surface area contributed by atoms with E-state index in [-0.39, 0.29) is 29.9 Å². The highest BCUT2D eigenvalue weighted by Gasteiger charge is 2.41. The van der Waals surface area contributed by atoms with Crippen molar-refractivity contribution in [3.05, 3.63) is 46.8 Å². The maximum Gasteiger partial charge on any atom is 0.308 e. The molecule has 0 saturated carbocycles. The SMILES string of the molecule is COc1ccccc1[C@@H]1CN(C(=O)CCc2cc(Cl)no2)C[C@H]1C(=O)O. The van der Waals surface area contributed by atoms with Gasteiger partial charge < -0.3 is 19.3 Å². The standard InChI is InChI=1S/C18H19ClN2O5/c1-25-15-5-3-2-4-12(15)13-9-21(10-14(13)18(23)24)17(22)7-6-11-8-16(19)20-26-11/h2-5,8,13-14H,6-7,9-10H2,1H3,(H,23,24)/t13-,14+/m0/s1. The molecule has 0 bridgehead atoms. The van der Waals surface area contributed by atoms with E-state index >= 15 is 0 Å². The Hall–Kier alpha value is -2.54. The van der Waals surface area contributed by atoms with E-state index in [1.807, 2.05) is 18.2 Å². The molecule has 2 atom stereocenters. The maximum atomic E-state index is 12.5. The molecule has 138 valence electrons. The zero-order valence-corrected chi connectivity index (χ0v) is 15.0. The smallest absolute Gasteiger partial charge is 0.308 e. The number of aliphatic carboxylic acids is 1. The Bertz CT molecular complexity index is 806. The first-order chi connectivity index (χ1) is 12.5. The third-order valence-corrected chi connectivity index (χ3v) is 4.82. The van der Waals surface area contributed by atoms with Gasteiger partial charge in [-0.2, -0.15) is 0 Å². The summed E-state index contributed by atoms with van der Waals surface area (Å²) in [6.07, 6.45) is 0.572. The topological polar surface area (TPSA) is 92.9 Å². The number of amides is 1. The molecule has 1 N–H and O–H groups in total. The first-order valence-electron chi connectivity index (χ1n) is 8.24. The number of aromatic nitrogens is 1. The van der Waals surface area contributed by atoms with Gasteiger partial charge in [-0.3, -0.25) is 9.59 Å². The van der Waals surface area contributed by atoms with Gasteiger partial charge in [0, 0.05) is 37.9 Å². The Kier molecular flexibility index (Phi) is 5.46. The van der Waals surface area contributed by atoms with Crippen LogP contribution in [-0.2, 0) is 16.0 Å². The molecule has 1 aromatic heterocycles. The van der Waals surface area contributed by atoms with Crippen LogP contribution >= 0.6 is 11.6 Å². The molecule has 1 aliphatic rings. The third kappa shape index (κ3) is 3.83. The minimum absolute atomic E-state index is 0.124. The van der Waals surface area contributed by atoms with E-state index in [0.717, 1.165) is 5.56 Å². The minimum atomic E-state index is -0.918. The number of benzene rings is 1. The zero-order chi connectivity index (χ0) is 18.7. The van der Waals surface area contributed by atoms with Crippen LogP contribution in [0.2, 0.25) is 5.15 Å². The summed E-state index contributed by atoms with van der Waals surface area (Å²) in [4.78, 5) is 25.8. The van der Waals surface area contributed by atoms with Crippen LogP contribution < -0.4 is 4.74 Å². The van der Waals surface area contributed by atoms with Crippen molar-refractivity contribution in [2.45, 2.75) is 18.8 Å². The number of carbonyl (C=O) groups excluding carboxylic acids is 1. The summed E-state index contributed by atoms with van der Waals surface area (Å²) in [5, 5.41) is 13.4. The zero-order valence-electron chi connectivity index (χ0n) is 14.2. The van der Waals surface area contributed by atoms with E-state index in [0.29, 0.717) is 24.5 Å². The number of aryl methyl sites for hydroxylation is 1. The molecule has 8 heteroatoms. The molecule has 1 aliphatic heterocycles. The Morgan fingerprint density at radius 3 is 2.81 bits per heavy atom. The lowest BCUT2D eigenvalue weighted by molar-refractivity contribution is -0.141. The van der Waals surface area contributed by atoms with Crippen molar-refractivity contribution in [3.63, 3.8) is 0 Å². The maximum absolute atomic E-state index is 12.5. The van der Waals surface area contributed by atoms with Gasteiger partial charge in [-0.1, -0.05) is 35.0 Å². The molecular formula is C18H19ClN2O5. The van der Waals surface area contributed by atoms with Crippen LogP contribution in [0.5, 0.6) is 5.75 Å². The number of methoxy groups -OCH3 is 1. The molecule has 1 fully saturated rings. The van der Waals surface area contributed by atoms with E-state index in [4.69, 9.17) is 20.9 Å². The minimum Gasteiger partial charge on any atom is -0.496 e. The van der Waals surface area contributed by atoms with E-state index in [1.165, 1.54) is 0 Å². The van der Waals surface area contributed by atoms with Gasteiger partial charge in [0.05, 0.1) is 13.0 Å². The summed E-state index contributed by atoms with van der Waals surface area (Å²) in [5.74, 6) is -0.866. The summed E-state index contributed by atoms with van der Waals surface area (Å²) in [6, 6.07) is 8.89. The second-order valence-electron chi connectivity index (χ2n) is 6.21. The third-order valence-electron chi connectivity index (χ3n) is 4.64. The van der Waals surface area contributed by atoms with Crippen LogP contribution in [0.4, 0.5) is 0 Å². The quantitative estimate of drug-likeness (QED) is 0.830. The lowest BCUT2D eigenvalue weighted by atomic mass is 9.88. The summed E-state index contributed by atoms with van der Waals surface area (Å²) >= 11 is 5.69. The van der Waals surface area contributed by atoms with Gasteiger partial charge >= 0.3 is 5.97 Å². The average Bonchev–Trinajstić information content (AvgIpc) is 3.26. The number of rotatable bonds is 6. The highest BCUT2D eigenvalue weighted by Crippen LogP contribution is 2.37. The molecule has 0 spiro atoms. The van der Waals surface area contributed by atoms with Crippen molar-refractivity contribution in [2.75, 3.05) is 20.2 Å². The monoisotopic (exact) mass is 378 g/mol. The van der Waals surface area contributed by atoms with E-state index in [2.05, 4.69) is 5.16 Å². The van der Waals surface area contributed by atoms with Crippen LogP contribution in [0.3, 0.4) is 0 Å². The van der Waals surface area contributed by atoms with Gasteiger partial charge in [0.2, 0.25) is 5.91 Å². The largest absolute Gasteiger partial charge is 0.496 e. The molecule has 1 saturated heterocycles. The van der Waals surface area contributed by atoms with Crippen molar-refractivity contribution in [1.82, 2.24) is 10.1 Å². The van der Waals surface area contributed by atoms with Crippen LogP contribution in [0.1, 0.15) is 23.7 Å². The Labute approximate surface area is 155 Å². The second kappa shape index (κ2) is 7.78. The van der Waals surface area contributed by atoms with Crippen molar-refractivity contribution in [2.24, 2.45) is 5.92 Å². The molecule has 26 heavy (non-hydrogen) atoms. The molecule has 0 unspecified atom stereocenters. The predicted molar refractivity (Wildman–Crippen MR) is 93.3 cm³/mol. The summed E-state index contributed by atoms with van der Waals surface area (Å²) in [5.41, 5.74) is 0.805. The fraction of sp³-hybridized carbons (Fsp3) is 0.389. The molecule has 0 radical (unpaired) electrons. The van der Waals surface area contributed by atoms with Gasteiger partial charge in [-0.15, -0.1) is 0 Å². The highest BCUT2D eigenvalue weighted by molar-refractivity contribution is 6.29. The number of nitrogens with zero attached hydrogens (tertiary/aromatic N) is 2. The van der Waals surface area contributed by atoms with Gasteiger partial charge in [-0.25, -0.2) is 0 Å². The van der Waals surface area contributed by atoms with Crippen LogP contribution in [-0.4, -0.2) is 47.2 Å². The number of likely N-dealkylation sites (tertiary alicyclic amines) is 1. The van der Waals surface area contributed by atoms with Gasteiger partial charge in [-0.05, 0) is 11.6 Å². The molecule has 2 heterocycles. The molecule has 0 aliphatic carbocycles. The lowest BCUT2D eigenvalue weighted by Gasteiger charge is -2.18. The van der Waals surface area contributed by atoms with E-state index < -0.39 is 11.9 Å². The number of para-hydroxylation sites is 1. The second-order valence-corrected chi connectivity index (χ2v) is 6.60. The van der Waals surface area contributed by atoms with Crippen molar-refractivity contribution < 1.29 is 24.0 Å². The van der Waals surface area contributed by atoms with Gasteiger partial charge in [0.1, 0.15) is 11.5 Å². The van der Waals surface area contributed by atoms with Crippen LogP contribution in [0.15, 0.2) is 34.9 Å². The molecular weight excluding hydrogens is 360 g/mol. The summed E-state index contributed by atoms with van der Waals surface area (Å²) < 4.78 is 10.4. The van der Waals surface area contributed by atoms with Crippen LogP contribution in [0.25, 0.3) is 0 Å². The predicted octanol–water partition coefficient (Wildman–Crippen LogP) is 2.60. The molecule has 3 rings (SSSR count). The van der Waals surface area contributed by atoms with Crippen molar-refractivity contribution in [3.8, 4) is 5.75 Å². The Morgan fingerprint density at radius 2 is 2.15 bits per heavy atom. The van der Waals surface area contributed by atoms with E-state index in [9.17, 15) is 14.7 Å². The summed E-state index contributed by atoms with van der Waals surface area (Å²) in [7, 11) is 1.55. The van der Waals surface area contributed by atoms with Crippen molar-refractivity contribution in [1.29, 1.82) is 0 Å². The summed E-state index contributed by atoms with van der Waals surface area (Å²) in [6.45, 7) is 0.515. The lowest BCUT2D eigenvalue weighted by Crippen LogP contribution is -2.30.